The molecule has 11 rings (SSSR count). The van der Waals surface area contributed by atoms with Gasteiger partial charge in [0, 0.05) is 38.9 Å². The third kappa shape index (κ3) is 30.2. The van der Waals surface area contributed by atoms with E-state index >= 15 is 0 Å². The predicted molar refractivity (Wildman–Crippen MR) is 465 cm³/mol. The molecule has 4 unspecified atom stereocenters. The first-order valence-electron chi connectivity index (χ1n) is 37.7. The van der Waals surface area contributed by atoms with Crippen LogP contribution in [0.4, 0.5) is 69.8 Å². The van der Waals surface area contributed by atoms with E-state index in [0.717, 1.165) is 12.4 Å². The Morgan fingerprint density at radius 1 is 0.286 bits per heavy atom. The molecule has 11 aromatic rings. The van der Waals surface area contributed by atoms with Crippen molar-refractivity contribution >= 4 is 174 Å². The summed E-state index contributed by atoms with van der Waals surface area (Å²) >= 11 is 0. The summed E-state index contributed by atoms with van der Waals surface area (Å²) in [6.45, 7) is -7.36. The zero-order chi connectivity index (χ0) is 95.6. The number of phosphoric ester groups is 4. The maximum atomic E-state index is 14.9. The average Bonchev–Trinajstić information content (AvgIpc) is 0.824. The summed E-state index contributed by atoms with van der Waals surface area (Å²) in [5.41, 5.74) is 3.78. The third-order valence-electron chi connectivity index (χ3n) is 16.8. The fourth-order valence-electron chi connectivity index (χ4n) is 10.7. The normalized spacial score (nSPS) is 13.9. The predicted octanol–water partition coefficient (Wildman–Crippen LogP) is 7.14. The van der Waals surface area contributed by atoms with Gasteiger partial charge in [-0.15, -0.1) is 0 Å². The SMILES string of the molecule is Nc1nc(NC(=O)c2ccccc2)ncc1NC(=O)[C@@H](COP(=O)(O)O[C@H](COP(=O)(O)O[C@H](CO)C(=O)Nc1cnc(NC(=O)c2ccccc2)nc1NC(=O)c1ccccc1)C(=O)Nc1cnc(NC(=O)c2ccccc2)nc1NC(=O)c1ccccc1)OP(=O)(O)OC[C@@H](OP(=O)(O)OP(=O)(O)O)C(=O)Nc1cnc(NC(=O)c2ccccc2)nc1NC(=O)c1ccccc1. The third-order valence-corrected chi connectivity index (χ3v) is 22.0. The van der Waals surface area contributed by atoms with Crippen molar-refractivity contribution in [3.8, 4) is 0 Å². The van der Waals surface area contributed by atoms with Crippen LogP contribution in [-0.4, -0.2) is 190 Å². The highest BCUT2D eigenvalue weighted by atomic mass is 31.3. The molecular weight excluding hydrogens is 1860 g/mol. The number of aliphatic hydroxyl groups is 1. The van der Waals surface area contributed by atoms with Crippen molar-refractivity contribution in [1.29, 1.82) is 0 Å². The summed E-state index contributed by atoms with van der Waals surface area (Å²) in [6, 6.07) is 51.4. The number of aromatic nitrogens is 8. The minimum Gasteiger partial charge on any atom is -0.393 e. The number of nitrogens with two attached hydrogens (primary N) is 1. The average molecular weight is 1930 g/mol. The molecule has 690 valence electrons. The van der Waals surface area contributed by atoms with Gasteiger partial charge in [0.1, 0.15) is 22.7 Å². The lowest BCUT2D eigenvalue weighted by Gasteiger charge is -2.25. The molecule has 0 saturated carbocycles. The molecule has 4 heterocycles. The molecule has 11 amide bonds. The Kier molecular flexibility index (Phi) is 33.7. The van der Waals surface area contributed by atoms with Gasteiger partial charge in [0.15, 0.2) is 47.7 Å². The number of rotatable bonds is 42. The van der Waals surface area contributed by atoms with Crippen molar-refractivity contribution in [3.63, 3.8) is 0 Å². The molecule has 0 fully saturated rings. The number of phosphoric acid groups is 5. The molecule has 8 atom stereocenters. The van der Waals surface area contributed by atoms with E-state index in [1.165, 1.54) is 164 Å². The number of hydrogen-bond donors (Lipinski definition) is 19. The fourth-order valence-corrected chi connectivity index (χ4v) is 15.0. The van der Waals surface area contributed by atoms with Gasteiger partial charge in [0.25, 0.3) is 65.0 Å². The van der Waals surface area contributed by atoms with Gasteiger partial charge in [-0.2, -0.15) is 24.2 Å². The van der Waals surface area contributed by atoms with E-state index in [1.54, 1.807) is 48.5 Å². The van der Waals surface area contributed by atoms with Crippen LogP contribution < -0.4 is 64.2 Å². The number of nitrogens with one attached hydrogen (secondary N) is 11. The molecule has 0 radical (unpaired) electrons. The van der Waals surface area contributed by atoms with Crippen molar-refractivity contribution < 1.29 is 146 Å². The second-order valence-corrected chi connectivity index (χ2v) is 33.5. The fraction of sp³-hybridized carbons (Fsp3) is 0.104. The number of nitrogen functional groups attached to an aromatic ring is 1. The Labute approximate surface area is 747 Å². The van der Waals surface area contributed by atoms with Crippen molar-refractivity contribution in [2.75, 3.05) is 90.6 Å². The van der Waals surface area contributed by atoms with Crippen molar-refractivity contribution in [2.24, 2.45) is 0 Å². The van der Waals surface area contributed by atoms with Crippen LogP contribution in [-0.2, 0) is 78.0 Å². The van der Waals surface area contributed by atoms with E-state index < -0.39 is 225 Å². The number of anilines is 12. The Balaban J connectivity index is 0.894. The maximum Gasteiger partial charge on any atom is 0.481 e. The second kappa shape index (κ2) is 45.3. The Hall–Kier alpha value is -14.6. The summed E-state index contributed by atoms with van der Waals surface area (Å²) in [6.07, 6.45) is -8.56. The van der Waals surface area contributed by atoms with Crippen molar-refractivity contribution in [2.45, 2.75) is 24.4 Å². The lowest BCUT2D eigenvalue weighted by molar-refractivity contribution is -0.128. The molecule has 4 aromatic heterocycles. The van der Waals surface area contributed by atoms with Gasteiger partial charge in [0.05, 0.1) is 51.2 Å². The standard InChI is InChI=1S/C77H71N20O31P5/c78-59-51(36-79-74(87-59)94-66(102)47-28-14-4-15-29-47)83-71(107)56(125-132(117,118)123-43-58(127-133(119,120)128-129(110,111)112)73(109)86-54-39-82-77(97-69(105)50-34-20-7-21-35-50)93-62(54)90-65(101)46-26-12-3-13-27-46)41-122-131(115,116)126-57(72(108)85-53-38-81-76(96-68(104)49-32-18-6-19-33-49)92-61(53)89-64(100)45-24-10-2-11-25-45)42-121-130(113,114)124-55(40-98)70(106)84-52-37-80-75(95-67(103)48-30-16-5-17-31-48)91-60(52)88-63(99)44-22-8-1-9-23-44/h1-39,55-58,98H,40-43H2,(H,83,107)(H,84,106)(H,85,108)(H,86,109)(H,113,114)(H,115,116)(H,117,118)(H,119,120)(H2,110,111,112)(H3,78,79,87,94,102)(H2,80,88,91,95,99,103)(H2,81,89,92,96,100,104)(H2,82,90,93,97,101,105)/t55-,56-,57-,58-/m1/s1. The molecule has 0 bridgehead atoms. The van der Waals surface area contributed by atoms with E-state index in [0.29, 0.717) is 12.4 Å². The summed E-state index contributed by atoms with van der Waals surface area (Å²) in [7, 11) is -31.4. The van der Waals surface area contributed by atoms with Gasteiger partial charge in [0.2, 0.25) is 23.8 Å². The zero-order valence-electron chi connectivity index (χ0n) is 67.5. The van der Waals surface area contributed by atoms with Gasteiger partial charge in [-0.1, -0.05) is 127 Å². The molecule has 0 aliphatic rings. The van der Waals surface area contributed by atoms with Gasteiger partial charge in [-0.25, -0.2) is 42.8 Å². The van der Waals surface area contributed by atoms with E-state index in [9.17, 15) is 110 Å². The molecule has 0 spiro atoms. The van der Waals surface area contributed by atoms with Crippen LogP contribution in [0.25, 0.3) is 0 Å². The number of carbonyl (C=O) groups excluding carboxylic acids is 11. The Morgan fingerprint density at radius 3 is 0.737 bits per heavy atom. The van der Waals surface area contributed by atoms with Crippen LogP contribution >= 0.6 is 39.1 Å². The molecule has 0 saturated heterocycles. The van der Waals surface area contributed by atoms with Gasteiger partial charge < -0.3 is 77.4 Å². The lowest BCUT2D eigenvalue weighted by atomic mass is 10.2. The van der Waals surface area contributed by atoms with Crippen LogP contribution in [0.5, 0.6) is 0 Å². The highest BCUT2D eigenvalue weighted by Gasteiger charge is 2.43. The van der Waals surface area contributed by atoms with Gasteiger partial charge in [-0.3, -0.25) is 106 Å². The van der Waals surface area contributed by atoms with E-state index in [2.05, 4.69) is 92.0 Å². The molecule has 20 N–H and O–H groups in total. The largest absolute Gasteiger partial charge is 0.481 e. The lowest BCUT2D eigenvalue weighted by Crippen LogP contribution is -2.37. The van der Waals surface area contributed by atoms with Gasteiger partial charge in [-0.05, 0) is 84.9 Å². The number of amides is 11. The number of carbonyl (C=O) groups is 11. The van der Waals surface area contributed by atoms with E-state index in [1.807, 2.05) is 10.6 Å². The summed E-state index contributed by atoms with van der Waals surface area (Å²) < 4.78 is 107. The van der Waals surface area contributed by atoms with Crippen molar-refractivity contribution in [1.82, 2.24) is 39.9 Å². The maximum absolute atomic E-state index is 14.9. The molecule has 51 nitrogen and oxygen atoms in total. The molecule has 0 aliphatic heterocycles. The Morgan fingerprint density at radius 2 is 0.496 bits per heavy atom. The number of nitrogens with zero attached hydrogens (tertiary/aromatic N) is 8. The van der Waals surface area contributed by atoms with Crippen LogP contribution in [0.2, 0.25) is 0 Å². The van der Waals surface area contributed by atoms with E-state index in [-0.39, 0.29) is 38.9 Å². The first kappa shape index (κ1) is 99.0. The minimum atomic E-state index is -6.44. The van der Waals surface area contributed by atoms with Crippen molar-refractivity contribution in [3.05, 3.63) is 276 Å². The van der Waals surface area contributed by atoms with Gasteiger partial charge >= 0.3 is 39.1 Å². The monoisotopic (exact) mass is 1930 g/mol. The highest BCUT2D eigenvalue weighted by Crippen LogP contribution is 2.59. The molecule has 56 heteroatoms. The zero-order valence-corrected chi connectivity index (χ0v) is 71.9. The van der Waals surface area contributed by atoms with Crippen LogP contribution in [0.1, 0.15) is 72.5 Å². The number of benzene rings is 7. The van der Waals surface area contributed by atoms with Crippen LogP contribution in [0, 0.1) is 0 Å². The number of aliphatic hydroxyl groups excluding tert-OH is 1. The molecule has 0 aliphatic carbocycles. The molecular formula is C77H71N20O31P5. The molecule has 7 aromatic carbocycles. The van der Waals surface area contributed by atoms with Crippen LogP contribution in [0.15, 0.2) is 237 Å². The topological polar surface area (TPSA) is 750 Å². The smallest absolute Gasteiger partial charge is 0.393 e. The first-order chi connectivity index (χ1) is 63.3. The molecule has 133 heavy (non-hydrogen) atoms. The Bertz CT molecular complexity index is 6390. The van der Waals surface area contributed by atoms with E-state index in [4.69, 9.17) is 37.4 Å². The summed E-state index contributed by atoms with van der Waals surface area (Å²) in [5, 5.41) is 35.5. The number of hydrogen-bond acceptors (Lipinski definition) is 34. The summed E-state index contributed by atoms with van der Waals surface area (Å²) in [5.74, 6) is -17.8. The second-order valence-electron chi connectivity index (χ2n) is 26.5. The highest BCUT2D eigenvalue weighted by molar-refractivity contribution is 7.60. The first-order valence-corrected chi connectivity index (χ1v) is 45.2. The minimum absolute atomic E-state index is 0.0335. The van der Waals surface area contributed by atoms with Crippen LogP contribution in [0.3, 0.4) is 0 Å². The quantitative estimate of drug-likeness (QED) is 0.0169. The summed E-state index contributed by atoms with van der Waals surface area (Å²) in [4.78, 5) is 248.